The lowest BCUT2D eigenvalue weighted by Gasteiger charge is -2.29. The monoisotopic (exact) mass is 342 g/mol. The van der Waals surface area contributed by atoms with Crippen LogP contribution < -0.4 is 11.2 Å². The number of rotatable bonds is 5. The molecule has 0 radical (unpaired) electrons. The van der Waals surface area contributed by atoms with E-state index in [1.54, 1.807) is 0 Å². The molecule has 2 aliphatic heterocycles. The highest BCUT2D eigenvalue weighted by Gasteiger charge is 2.63. The second-order valence-electron chi connectivity index (χ2n) is 5.23. The van der Waals surface area contributed by atoms with E-state index >= 15 is 0 Å². The number of nitrogens with zero attached hydrogens (tertiary/aromatic N) is 4. The molecular formula is C11H13N5O6P+. The summed E-state index contributed by atoms with van der Waals surface area (Å²) in [4.78, 5) is 28.0. The van der Waals surface area contributed by atoms with Crippen molar-refractivity contribution in [3.8, 4) is 0 Å². The molecule has 2 aliphatic rings. The molecular weight excluding hydrogens is 329 g/mol. The lowest BCUT2D eigenvalue weighted by molar-refractivity contribution is -0.182. The molecule has 5 atom stereocenters. The fourth-order valence-electron chi connectivity index (χ4n) is 2.79. The van der Waals surface area contributed by atoms with Gasteiger partial charge in [-0.3, -0.25) is 14.3 Å². The van der Waals surface area contributed by atoms with Crippen molar-refractivity contribution >= 4 is 8.03 Å². The van der Waals surface area contributed by atoms with Gasteiger partial charge in [0.25, 0.3) is 5.56 Å². The van der Waals surface area contributed by atoms with Crippen molar-refractivity contribution in [1.82, 2.24) is 9.55 Å². The maximum Gasteiger partial charge on any atom is 0.504 e. The van der Waals surface area contributed by atoms with Gasteiger partial charge in [-0.05, 0) is 10.1 Å². The van der Waals surface area contributed by atoms with Gasteiger partial charge in [0.15, 0.2) is 12.9 Å². The van der Waals surface area contributed by atoms with E-state index in [1.165, 1.54) is 18.9 Å². The molecule has 1 unspecified atom stereocenters. The highest BCUT2D eigenvalue weighted by molar-refractivity contribution is 7.38. The molecule has 0 aliphatic carbocycles. The van der Waals surface area contributed by atoms with E-state index in [9.17, 15) is 14.2 Å². The van der Waals surface area contributed by atoms with Crippen molar-refractivity contribution in [2.75, 3.05) is 19.9 Å². The Morgan fingerprint density at radius 2 is 2.43 bits per heavy atom. The van der Waals surface area contributed by atoms with E-state index in [4.69, 9.17) is 19.5 Å². The average molecular weight is 342 g/mol. The minimum absolute atomic E-state index is 0.0825. The number of nitrogens with one attached hydrogen (secondary N) is 1. The molecule has 1 aromatic rings. The maximum atomic E-state index is 11.9. The highest BCUT2D eigenvalue weighted by atomic mass is 31.1. The molecule has 3 heterocycles. The molecule has 0 saturated carbocycles. The zero-order valence-corrected chi connectivity index (χ0v) is 12.9. The van der Waals surface area contributed by atoms with E-state index in [1.807, 2.05) is 0 Å². The van der Waals surface area contributed by atoms with Crippen molar-refractivity contribution in [3.05, 3.63) is 43.5 Å². The van der Waals surface area contributed by atoms with Crippen LogP contribution in [0.4, 0.5) is 0 Å². The Balaban J connectivity index is 1.97. The number of hydrogen-bond acceptors (Lipinski definition) is 7. The van der Waals surface area contributed by atoms with Crippen LogP contribution in [0.25, 0.3) is 10.4 Å². The first-order chi connectivity index (χ1) is 11.0. The molecule has 0 spiro atoms. The molecule has 0 aromatic carbocycles. The molecule has 2 saturated heterocycles. The predicted octanol–water partition coefficient (Wildman–Crippen LogP) is 0.271. The van der Waals surface area contributed by atoms with Crippen LogP contribution >= 0.6 is 8.03 Å². The van der Waals surface area contributed by atoms with Gasteiger partial charge >= 0.3 is 13.7 Å². The van der Waals surface area contributed by atoms with E-state index < -0.39 is 43.3 Å². The molecule has 12 heteroatoms. The van der Waals surface area contributed by atoms with Crippen molar-refractivity contribution in [1.29, 1.82) is 0 Å². The fraction of sp³-hybridized carbons (Fsp3) is 0.636. The first-order valence-electron chi connectivity index (χ1n) is 6.66. The normalized spacial score (nSPS) is 32.6. The van der Waals surface area contributed by atoms with Gasteiger partial charge in [0.1, 0.15) is 24.4 Å². The summed E-state index contributed by atoms with van der Waals surface area (Å²) in [5.41, 5.74) is 6.43. The van der Waals surface area contributed by atoms with E-state index in [2.05, 4.69) is 15.0 Å². The summed E-state index contributed by atoms with van der Waals surface area (Å²) in [5, 5.41) is 3.69. The zero-order chi connectivity index (χ0) is 16.6. The van der Waals surface area contributed by atoms with Crippen molar-refractivity contribution < 1.29 is 18.6 Å². The van der Waals surface area contributed by atoms with Gasteiger partial charge in [-0.2, -0.15) is 0 Å². The lowest BCUT2D eigenvalue weighted by Crippen LogP contribution is -2.44. The van der Waals surface area contributed by atoms with Crippen molar-refractivity contribution in [2.24, 2.45) is 5.11 Å². The van der Waals surface area contributed by atoms with Crippen LogP contribution in [-0.4, -0.2) is 47.2 Å². The second-order valence-corrected chi connectivity index (χ2v) is 6.37. The Bertz CT molecular complexity index is 801. The van der Waals surface area contributed by atoms with Crippen LogP contribution in [0.1, 0.15) is 6.23 Å². The Morgan fingerprint density at radius 1 is 1.65 bits per heavy atom. The summed E-state index contributed by atoms with van der Waals surface area (Å²) in [6.45, 7) is 1.37. The van der Waals surface area contributed by atoms with Crippen molar-refractivity contribution in [3.63, 3.8) is 0 Å². The van der Waals surface area contributed by atoms with Gasteiger partial charge in [0.2, 0.25) is 0 Å². The maximum absolute atomic E-state index is 11.9. The quantitative estimate of drug-likeness (QED) is 0.351. The number of hydrogen-bond donors (Lipinski definition) is 1. The number of aromatic amines is 1. The van der Waals surface area contributed by atoms with Crippen LogP contribution in [0.3, 0.4) is 0 Å². The van der Waals surface area contributed by atoms with Gasteiger partial charge in [-0.1, -0.05) is 5.11 Å². The van der Waals surface area contributed by atoms with Gasteiger partial charge in [0.05, 0.1) is 6.61 Å². The third-order valence-corrected chi connectivity index (χ3v) is 4.29. The summed E-state index contributed by atoms with van der Waals surface area (Å²) in [6.07, 6.45) is -0.326. The summed E-state index contributed by atoms with van der Waals surface area (Å²) in [5.74, 6) is 0. The van der Waals surface area contributed by atoms with Crippen molar-refractivity contribution in [2.45, 2.75) is 24.0 Å². The molecule has 1 aromatic heterocycles. The van der Waals surface area contributed by atoms with Crippen LogP contribution in [0.5, 0.6) is 0 Å². The SMILES string of the molecule is C[P+](=O)OC[C@@]12CO[C@@H]([C@H](n3ccc(=O)[nH]c3=O)O1)[C@@H]2N=[N+]=[N-]. The van der Waals surface area contributed by atoms with Gasteiger partial charge in [-0.25, -0.2) is 4.79 Å². The summed E-state index contributed by atoms with van der Waals surface area (Å²) < 4.78 is 29.0. The third kappa shape index (κ3) is 2.69. The highest BCUT2D eigenvalue weighted by Crippen LogP contribution is 2.47. The molecule has 2 bridgehead atoms. The molecule has 23 heavy (non-hydrogen) atoms. The predicted molar refractivity (Wildman–Crippen MR) is 76.3 cm³/mol. The third-order valence-electron chi connectivity index (χ3n) is 3.80. The summed E-state index contributed by atoms with van der Waals surface area (Å²) in [7, 11) is -1.88. The largest absolute Gasteiger partial charge is 0.504 e. The zero-order valence-electron chi connectivity index (χ0n) is 12.0. The number of fused-ring (bicyclic) bond motifs is 2. The Hall–Kier alpha value is -2.03. The molecule has 1 N–H and O–H groups in total. The van der Waals surface area contributed by atoms with Gasteiger partial charge in [-0.15, -0.1) is 4.52 Å². The number of azide groups is 1. The molecule has 0 amide bonds. The van der Waals surface area contributed by atoms with E-state index in [0.29, 0.717) is 0 Å². The Labute approximate surface area is 129 Å². The molecule has 11 nitrogen and oxygen atoms in total. The van der Waals surface area contributed by atoms with E-state index in [0.717, 1.165) is 4.57 Å². The number of H-pyrrole nitrogens is 1. The van der Waals surface area contributed by atoms with Gasteiger partial charge < -0.3 is 9.47 Å². The molecule has 3 rings (SSSR count). The molecule has 2 fully saturated rings. The van der Waals surface area contributed by atoms with Crippen LogP contribution in [0, 0.1) is 0 Å². The van der Waals surface area contributed by atoms with Crippen LogP contribution in [0.15, 0.2) is 27.0 Å². The Kier molecular flexibility index (Phi) is 4.05. The first-order valence-corrected chi connectivity index (χ1v) is 8.28. The smallest absolute Gasteiger partial charge is 0.370 e. The van der Waals surface area contributed by atoms with E-state index in [-0.39, 0.29) is 13.2 Å². The average Bonchev–Trinajstić information content (AvgIpc) is 2.98. The minimum Gasteiger partial charge on any atom is -0.370 e. The number of aromatic nitrogens is 2. The minimum atomic E-state index is -1.88. The van der Waals surface area contributed by atoms with Gasteiger partial charge in [0, 0.05) is 17.2 Å². The summed E-state index contributed by atoms with van der Waals surface area (Å²) >= 11 is 0. The lowest BCUT2D eigenvalue weighted by atomic mass is 9.98. The van der Waals surface area contributed by atoms with Crippen LogP contribution in [0.2, 0.25) is 0 Å². The first kappa shape index (κ1) is 15.9. The number of ether oxygens (including phenoxy) is 2. The Morgan fingerprint density at radius 3 is 3.09 bits per heavy atom. The topological polar surface area (TPSA) is 148 Å². The summed E-state index contributed by atoms with van der Waals surface area (Å²) in [6, 6.07) is 0.428. The molecule has 122 valence electrons. The van der Waals surface area contributed by atoms with Crippen LogP contribution in [-0.2, 0) is 18.6 Å². The fourth-order valence-corrected chi connectivity index (χ4v) is 3.19. The standard InChI is InChI=1S/C11H12N5O6P/c1-23(19)21-5-11-4-20-7(8(11)14-15-12)9(22-11)16-3-2-6(17)13-10(16)18/h2-3,7-9H,4-5H2,1H3/p+1/t7-,8+,9-,11-/m1/s1. The second kappa shape index (κ2) is 5.88.